The first kappa shape index (κ1) is 13.2. The molecule has 0 saturated heterocycles. The normalized spacial score (nSPS) is 12.1. The summed E-state index contributed by atoms with van der Waals surface area (Å²) in [4.78, 5) is 0. The number of benzene rings is 1. The van der Waals surface area contributed by atoms with Gasteiger partial charge in [0.05, 0.1) is 0 Å². The Labute approximate surface area is 113 Å². The van der Waals surface area contributed by atoms with E-state index in [1.165, 1.54) is 11.1 Å². The van der Waals surface area contributed by atoms with Crippen LogP contribution in [0, 0.1) is 0 Å². The van der Waals surface area contributed by atoms with Gasteiger partial charge in [-0.2, -0.15) is 0 Å². The molecular weight excluding hydrogens is 240 g/mol. The van der Waals surface area contributed by atoms with Crippen LogP contribution in [0.3, 0.4) is 0 Å². The SMILES string of the molecule is CC(C)c1nnc(-c2cccc(C(C)(C)C)c2)s1. The third kappa shape index (κ3) is 2.78. The molecule has 0 aliphatic rings. The van der Waals surface area contributed by atoms with Gasteiger partial charge in [0.2, 0.25) is 0 Å². The van der Waals surface area contributed by atoms with E-state index >= 15 is 0 Å². The minimum atomic E-state index is 0.168. The summed E-state index contributed by atoms with van der Waals surface area (Å²) in [5, 5.41) is 10.7. The van der Waals surface area contributed by atoms with E-state index in [-0.39, 0.29) is 5.41 Å². The van der Waals surface area contributed by atoms with Gasteiger partial charge in [-0.15, -0.1) is 10.2 Å². The van der Waals surface area contributed by atoms with Gasteiger partial charge in [-0.25, -0.2) is 0 Å². The minimum absolute atomic E-state index is 0.168. The maximum absolute atomic E-state index is 4.30. The van der Waals surface area contributed by atoms with Crippen molar-refractivity contribution in [3.05, 3.63) is 34.8 Å². The Bertz CT molecular complexity index is 535. The average Bonchev–Trinajstić information content (AvgIpc) is 2.77. The van der Waals surface area contributed by atoms with Gasteiger partial charge < -0.3 is 0 Å². The molecule has 0 bridgehead atoms. The highest BCUT2D eigenvalue weighted by Crippen LogP contribution is 2.30. The van der Waals surface area contributed by atoms with Crippen LogP contribution in [-0.4, -0.2) is 10.2 Å². The lowest BCUT2D eigenvalue weighted by molar-refractivity contribution is 0.590. The molecule has 0 radical (unpaired) electrons. The van der Waals surface area contributed by atoms with Crippen molar-refractivity contribution in [3.8, 4) is 10.6 Å². The molecule has 1 aromatic carbocycles. The van der Waals surface area contributed by atoms with Gasteiger partial charge in [-0.05, 0) is 17.0 Å². The van der Waals surface area contributed by atoms with Crippen molar-refractivity contribution in [2.75, 3.05) is 0 Å². The minimum Gasteiger partial charge on any atom is -0.143 e. The van der Waals surface area contributed by atoms with Crippen LogP contribution >= 0.6 is 11.3 Å². The summed E-state index contributed by atoms with van der Waals surface area (Å²) < 4.78 is 0. The topological polar surface area (TPSA) is 25.8 Å². The van der Waals surface area contributed by atoms with Crippen LogP contribution in [-0.2, 0) is 5.41 Å². The smallest absolute Gasteiger partial charge is 0.143 e. The van der Waals surface area contributed by atoms with Crippen molar-refractivity contribution >= 4 is 11.3 Å². The zero-order valence-electron chi connectivity index (χ0n) is 11.7. The van der Waals surface area contributed by atoms with Gasteiger partial charge in [0.25, 0.3) is 0 Å². The highest BCUT2D eigenvalue weighted by Gasteiger charge is 2.15. The lowest BCUT2D eigenvalue weighted by Crippen LogP contribution is -2.10. The van der Waals surface area contributed by atoms with Gasteiger partial charge in [-0.1, -0.05) is 64.2 Å². The molecule has 2 nitrogen and oxygen atoms in total. The summed E-state index contributed by atoms with van der Waals surface area (Å²) >= 11 is 1.69. The molecule has 0 atom stereocenters. The lowest BCUT2D eigenvalue weighted by atomic mass is 9.86. The molecule has 0 aliphatic carbocycles. The first-order valence-electron chi connectivity index (χ1n) is 6.32. The van der Waals surface area contributed by atoms with Crippen LogP contribution < -0.4 is 0 Å². The molecule has 0 spiro atoms. The van der Waals surface area contributed by atoms with Crippen LogP contribution in [0.2, 0.25) is 0 Å². The number of nitrogens with zero attached hydrogens (tertiary/aromatic N) is 2. The van der Waals surface area contributed by atoms with E-state index in [1.54, 1.807) is 11.3 Å². The Hall–Kier alpha value is -1.22. The molecule has 0 N–H and O–H groups in total. The molecule has 96 valence electrons. The molecule has 2 aromatic rings. The van der Waals surface area contributed by atoms with Crippen LogP contribution in [0.1, 0.15) is 51.1 Å². The van der Waals surface area contributed by atoms with Crippen molar-refractivity contribution < 1.29 is 0 Å². The molecule has 0 aliphatic heterocycles. The number of hydrogen-bond acceptors (Lipinski definition) is 3. The second kappa shape index (κ2) is 4.81. The summed E-state index contributed by atoms with van der Waals surface area (Å²) in [6.45, 7) is 11.0. The maximum atomic E-state index is 4.30. The molecule has 0 amide bonds. The Kier molecular flexibility index (Phi) is 3.53. The van der Waals surface area contributed by atoms with Crippen LogP contribution in [0.15, 0.2) is 24.3 Å². The Morgan fingerprint density at radius 3 is 2.39 bits per heavy atom. The summed E-state index contributed by atoms with van der Waals surface area (Å²) in [5.41, 5.74) is 2.68. The first-order valence-corrected chi connectivity index (χ1v) is 7.14. The Morgan fingerprint density at radius 2 is 1.83 bits per heavy atom. The van der Waals surface area contributed by atoms with Crippen LogP contribution in [0.25, 0.3) is 10.6 Å². The molecule has 3 heteroatoms. The second-order valence-electron chi connectivity index (χ2n) is 5.93. The number of aromatic nitrogens is 2. The fraction of sp³-hybridized carbons (Fsp3) is 0.467. The third-order valence-corrected chi connectivity index (χ3v) is 4.18. The Balaban J connectivity index is 2.38. The van der Waals surface area contributed by atoms with Crippen LogP contribution in [0.4, 0.5) is 0 Å². The molecule has 0 saturated carbocycles. The highest BCUT2D eigenvalue weighted by atomic mass is 32.1. The molecule has 1 aromatic heterocycles. The van der Waals surface area contributed by atoms with E-state index in [4.69, 9.17) is 0 Å². The van der Waals surface area contributed by atoms with E-state index in [0.29, 0.717) is 5.92 Å². The fourth-order valence-electron chi connectivity index (χ4n) is 1.70. The average molecular weight is 260 g/mol. The van der Waals surface area contributed by atoms with Crippen molar-refractivity contribution in [2.45, 2.75) is 46.0 Å². The predicted molar refractivity (Wildman–Crippen MR) is 78.1 cm³/mol. The summed E-state index contributed by atoms with van der Waals surface area (Å²) in [5.74, 6) is 0.446. The van der Waals surface area contributed by atoms with Crippen molar-refractivity contribution in [2.24, 2.45) is 0 Å². The monoisotopic (exact) mass is 260 g/mol. The maximum Gasteiger partial charge on any atom is 0.147 e. The first-order chi connectivity index (χ1) is 8.38. The third-order valence-electron chi connectivity index (χ3n) is 2.91. The van der Waals surface area contributed by atoms with Crippen molar-refractivity contribution in [1.82, 2.24) is 10.2 Å². The van der Waals surface area contributed by atoms with E-state index < -0.39 is 0 Å². The molecule has 2 rings (SSSR count). The van der Waals surface area contributed by atoms with Crippen molar-refractivity contribution in [1.29, 1.82) is 0 Å². The van der Waals surface area contributed by atoms with Gasteiger partial charge in [0, 0.05) is 11.5 Å². The molecular formula is C15H20N2S. The quantitative estimate of drug-likeness (QED) is 0.787. The van der Waals surface area contributed by atoms with Crippen molar-refractivity contribution in [3.63, 3.8) is 0 Å². The predicted octanol–water partition coefficient (Wildman–Crippen LogP) is 4.63. The van der Waals surface area contributed by atoms with Gasteiger partial charge >= 0.3 is 0 Å². The van der Waals surface area contributed by atoms with Gasteiger partial charge in [0.1, 0.15) is 10.0 Å². The standard InChI is InChI=1S/C15H20N2S/c1-10(2)13-16-17-14(18-13)11-7-6-8-12(9-11)15(3,4)5/h6-10H,1-5H3. The second-order valence-corrected chi connectivity index (χ2v) is 6.94. The molecule has 0 unspecified atom stereocenters. The number of rotatable bonds is 2. The summed E-state index contributed by atoms with van der Waals surface area (Å²) in [6, 6.07) is 8.62. The number of hydrogen-bond donors (Lipinski definition) is 0. The lowest BCUT2D eigenvalue weighted by Gasteiger charge is -2.19. The van der Waals surface area contributed by atoms with E-state index in [0.717, 1.165) is 10.0 Å². The van der Waals surface area contributed by atoms with E-state index in [9.17, 15) is 0 Å². The summed E-state index contributed by atoms with van der Waals surface area (Å²) in [7, 11) is 0. The van der Waals surface area contributed by atoms with Gasteiger partial charge in [-0.3, -0.25) is 0 Å². The van der Waals surface area contributed by atoms with Crippen LogP contribution in [0.5, 0.6) is 0 Å². The molecule has 0 fully saturated rings. The van der Waals surface area contributed by atoms with E-state index in [2.05, 4.69) is 69.1 Å². The summed E-state index contributed by atoms with van der Waals surface area (Å²) in [6.07, 6.45) is 0. The zero-order chi connectivity index (χ0) is 13.3. The van der Waals surface area contributed by atoms with Gasteiger partial charge in [0.15, 0.2) is 0 Å². The largest absolute Gasteiger partial charge is 0.147 e. The molecule has 1 heterocycles. The van der Waals surface area contributed by atoms with E-state index in [1.807, 2.05) is 0 Å². The zero-order valence-corrected chi connectivity index (χ0v) is 12.5. The molecule has 18 heavy (non-hydrogen) atoms. The fourth-order valence-corrected chi connectivity index (χ4v) is 2.55. The Morgan fingerprint density at radius 1 is 1.11 bits per heavy atom. The highest BCUT2D eigenvalue weighted by molar-refractivity contribution is 7.14.